The molecule has 2 aromatic rings. The van der Waals surface area contributed by atoms with Crippen molar-refractivity contribution < 1.29 is 5.11 Å². The van der Waals surface area contributed by atoms with Crippen LogP contribution >= 0.6 is 0 Å². The Balaban J connectivity index is 2.30. The second-order valence-electron chi connectivity index (χ2n) is 5.36. The molecule has 2 rings (SSSR count). The molecule has 0 amide bonds. The van der Waals surface area contributed by atoms with Crippen molar-refractivity contribution in [3.63, 3.8) is 0 Å². The second kappa shape index (κ2) is 5.51. The Bertz CT molecular complexity index is 506. The van der Waals surface area contributed by atoms with Gasteiger partial charge in [0.25, 0.3) is 0 Å². The van der Waals surface area contributed by atoms with Gasteiger partial charge in [0, 0.05) is 0 Å². The Hall–Kier alpha value is -1.38. The van der Waals surface area contributed by atoms with Gasteiger partial charge in [0.2, 0.25) is 0 Å². The average Bonchev–Trinajstić information content (AvgIpc) is 2.39. The molecule has 0 atom stereocenters. The van der Waals surface area contributed by atoms with Crippen molar-refractivity contribution in [2.24, 2.45) is 0 Å². The number of hydrogen-bond acceptors (Lipinski definition) is 1. The highest BCUT2D eigenvalue weighted by molar-refractivity contribution is 6.89. The minimum atomic E-state index is -1.55. The smallest absolute Gasteiger partial charge is 0.0854 e. The van der Waals surface area contributed by atoms with E-state index in [9.17, 15) is 5.11 Å². The fraction of sp³-hybridized carbons (Fsp3) is 0.250. The first kappa shape index (κ1) is 13.1. The Morgan fingerprint density at radius 3 is 2.17 bits per heavy atom. The van der Waals surface area contributed by atoms with Crippen LogP contribution in [0.25, 0.3) is 0 Å². The molecule has 0 heterocycles. The highest BCUT2D eigenvalue weighted by Crippen LogP contribution is 2.14. The molecule has 0 unspecified atom stereocenters. The summed E-state index contributed by atoms with van der Waals surface area (Å²) in [5.74, 6) is 0. The Labute approximate surface area is 110 Å². The van der Waals surface area contributed by atoms with Crippen molar-refractivity contribution in [2.75, 3.05) is 0 Å². The molecule has 0 fully saturated rings. The topological polar surface area (TPSA) is 20.2 Å². The molecule has 18 heavy (non-hydrogen) atoms. The van der Waals surface area contributed by atoms with E-state index in [4.69, 9.17) is 0 Å². The predicted octanol–water partition coefficient (Wildman–Crippen LogP) is 2.88. The molecule has 94 valence electrons. The molecular formula is C16H20OSi. The Kier molecular flexibility index (Phi) is 3.99. The van der Waals surface area contributed by atoms with Gasteiger partial charge in [-0.3, -0.25) is 0 Å². The summed E-state index contributed by atoms with van der Waals surface area (Å²) in [7, 11) is -1.55. The molecule has 0 aliphatic heterocycles. The fourth-order valence-electron chi connectivity index (χ4n) is 2.52. The Morgan fingerprint density at radius 2 is 1.50 bits per heavy atom. The molecule has 2 aromatic carbocycles. The van der Waals surface area contributed by atoms with Gasteiger partial charge in [0.05, 0.1) is 14.7 Å². The standard InChI is InChI=1S/C16H20OSi/c1-18(2,13-14-8-4-3-5-9-14)16-11-7-6-10-15(16)12-17/h3-11,17H,12-13H2,1-2H3. The molecule has 2 heteroatoms. The molecule has 0 saturated heterocycles. The molecule has 0 aliphatic rings. The monoisotopic (exact) mass is 256 g/mol. The van der Waals surface area contributed by atoms with E-state index in [1.165, 1.54) is 10.8 Å². The predicted molar refractivity (Wildman–Crippen MR) is 79.6 cm³/mol. The minimum absolute atomic E-state index is 0.140. The van der Waals surface area contributed by atoms with E-state index in [2.05, 4.69) is 55.6 Å². The van der Waals surface area contributed by atoms with E-state index in [0.29, 0.717) is 0 Å². The minimum Gasteiger partial charge on any atom is -0.392 e. The third-order valence-electron chi connectivity index (χ3n) is 3.41. The lowest BCUT2D eigenvalue weighted by Crippen LogP contribution is -2.46. The molecule has 0 aliphatic carbocycles. The second-order valence-corrected chi connectivity index (χ2v) is 10.0. The fourth-order valence-corrected chi connectivity index (χ4v) is 5.55. The van der Waals surface area contributed by atoms with Crippen molar-refractivity contribution in [2.45, 2.75) is 25.7 Å². The van der Waals surface area contributed by atoms with Crippen molar-refractivity contribution in [3.05, 3.63) is 65.7 Å². The highest BCUT2D eigenvalue weighted by Gasteiger charge is 2.25. The van der Waals surface area contributed by atoms with Gasteiger partial charge in [-0.2, -0.15) is 0 Å². The summed E-state index contributed by atoms with van der Waals surface area (Å²) in [5.41, 5.74) is 2.48. The average molecular weight is 256 g/mol. The zero-order valence-electron chi connectivity index (χ0n) is 11.1. The van der Waals surface area contributed by atoms with Crippen LogP contribution in [0, 0.1) is 0 Å². The van der Waals surface area contributed by atoms with Gasteiger partial charge in [0.15, 0.2) is 0 Å². The summed E-state index contributed by atoms with van der Waals surface area (Å²) in [6.45, 7) is 4.88. The lowest BCUT2D eigenvalue weighted by Gasteiger charge is -2.25. The van der Waals surface area contributed by atoms with Crippen LogP contribution in [-0.2, 0) is 12.7 Å². The van der Waals surface area contributed by atoms with Gasteiger partial charge in [-0.25, -0.2) is 0 Å². The molecule has 0 aromatic heterocycles. The molecule has 1 nitrogen and oxygen atoms in total. The lowest BCUT2D eigenvalue weighted by atomic mass is 10.2. The maximum absolute atomic E-state index is 9.47. The van der Waals surface area contributed by atoms with Crippen molar-refractivity contribution >= 4 is 13.3 Å². The first-order valence-electron chi connectivity index (χ1n) is 6.36. The van der Waals surface area contributed by atoms with E-state index in [1.54, 1.807) is 0 Å². The van der Waals surface area contributed by atoms with E-state index in [-0.39, 0.29) is 6.61 Å². The maximum Gasteiger partial charge on any atom is 0.0854 e. The molecule has 0 spiro atoms. The number of aliphatic hydroxyl groups is 1. The number of benzene rings is 2. The van der Waals surface area contributed by atoms with E-state index >= 15 is 0 Å². The number of hydrogen-bond donors (Lipinski definition) is 1. The van der Waals surface area contributed by atoms with E-state index < -0.39 is 8.07 Å². The summed E-state index contributed by atoms with van der Waals surface area (Å²) >= 11 is 0. The summed E-state index contributed by atoms with van der Waals surface area (Å²) < 4.78 is 0. The molecule has 0 radical (unpaired) electrons. The number of rotatable bonds is 4. The quantitative estimate of drug-likeness (QED) is 0.834. The maximum atomic E-state index is 9.47. The summed E-state index contributed by atoms with van der Waals surface area (Å²) in [6, 6.07) is 20.0. The van der Waals surface area contributed by atoms with Crippen molar-refractivity contribution in [3.8, 4) is 0 Å². The SMILES string of the molecule is C[Si](C)(Cc1ccccc1)c1ccccc1CO. The van der Waals surface area contributed by atoms with Crippen LogP contribution in [0.2, 0.25) is 13.1 Å². The Morgan fingerprint density at radius 1 is 0.889 bits per heavy atom. The first-order chi connectivity index (χ1) is 8.63. The van der Waals surface area contributed by atoms with E-state index in [0.717, 1.165) is 11.6 Å². The number of aliphatic hydroxyl groups excluding tert-OH is 1. The van der Waals surface area contributed by atoms with Gasteiger partial charge in [-0.15, -0.1) is 0 Å². The van der Waals surface area contributed by atoms with E-state index in [1.807, 2.05) is 12.1 Å². The van der Waals surface area contributed by atoms with Gasteiger partial charge in [0.1, 0.15) is 0 Å². The first-order valence-corrected chi connectivity index (χ1v) is 9.57. The van der Waals surface area contributed by atoms with Crippen LogP contribution in [0.15, 0.2) is 54.6 Å². The zero-order chi connectivity index (χ0) is 13.0. The van der Waals surface area contributed by atoms with Crippen LogP contribution < -0.4 is 5.19 Å². The third kappa shape index (κ3) is 2.89. The van der Waals surface area contributed by atoms with Crippen molar-refractivity contribution in [1.29, 1.82) is 0 Å². The van der Waals surface area contributed by atoms with Crippen LogP contribution in [0.4, 0.5) is 0 Å². The van der Waals surface area contributed by atoms with Crippen LogP contribution in [0.1, 0.15) is 11.1 Å². The summed E-state index contributed by atoms with van der Waals surface area (Å²) in [4.78, 5) is 0. The lowest BCUT2D eigenvalue weighted by molar-refractivity contribution is 0.283. The normalized spacial score (nSPS) is 11.5. The van der Waals surface area contributed by atoms with Crippen LogP contribution in [0.5, 0.6) is 0 Å². The summed E-state index contributed by atoms with van der Waals surface area (Å²) in [5, 5.41) is 10.8. The van der Waals surface area contributed by atoms with Gasteiger partial charge >= 0.3 is 0 Å². The van der Waals surface area contributed by atoms with Crippen LogP contribution in [-0.4, -0.2) is 13.2 Å². The molecule has 0 bridgehead atoms. The van der Waals surface area contributed by atoms with Crippen LogP contribution in [0.3, 0.4) is 0 Å². The highest BCUT2D eigenvalue weighted by atomic mass is 28.3. The molecule has 1 N–H and O–H groups in total. The molecule has 0 saturated carbocycles. The van der Waals surface area contributed by atoms with Gasteiger partial charge in [-0.1, -0.05) is 78.4 Å². The largest absolute Gasteiger partial charge is 0.392 e. The third-order valence-corrected chi connectivity index (χ3v) is 6.64. The summed E-state index contributed by atoms with van der Waals surface area (Å²) in [6.07, 6.45) is 0. The van der Waals surface area contributed by atoms with Gasteiger partial charge < -0.3 is 5.11 Å². The molecular weight excluding hydrogens is 236 g/mol. The zero-order valence-corrected chi connectivity index (χ0v) is 12.1. The van der Waals surface area contributed by atoms with Crippen molar-refractivity contribution in [1.82, 2.24) is 0 Å². The van der Waals surface area contributed by atoms with Gasteiger partial charge in [-0.05, 0) is 11.6 Å².